The largest absolute Gasteiger partial charge is 0.370 e. The van der Waals surface area contributed by atoms with Crippen molar-refractivity contribution in [2.75, 3.05) is 18.8 Å². The third-order valence-electron chi connectivity index (χ3n) is 2.79. The molecule has 120 valence electrons. The fraction of sp³-hybridized carbons (Fsp3) is 0.500. The molecule has 0 saturated heterocycles. The van der Waals surface area contributed by atoms with Crippen LogP contribution in [0.5, 0.6) is 0 Å². The normalized spacial score (nSPS) is 11.8. The third-order valence-corrected chi connectivity index (χ3v) is 4.61. The maximum atomic E-state index is 12.0. The molecule has 1 aromatic carbocycles. The molecule has 0 aliphatic heterocycles. The van der Waals surface area contributed by atoms with Gasteiger partial charge >= 0.3 is 0 Å². The Balaban J connectivity index is 0.00000400. The van der Waals surface area contributed by atoms with Crippen LogP contribution in [0.4, 0.5) is 0 Å². The predicted octanol–water partition coefficient (Wildman–Crippen LogP) is 2.17. The van der Waals surface area contributed by atoms with Gasteiger partial charge in [0, 0.05) is 13.1 Å². The van der Waals surface area contributed by atoms with E-state index in [-0.39, 0.29) is 29.7 Å². The number of guanidine groups is 1. The highest BCUT2D eigenvalue weighted by atomic mass is 127. The van der Waals surface area contributed by atoms with E-state index >= 15 is 0 Å². The first-order valence-electron chi connectivity index (χ1n) is 6.88. The van der Waals surface area contributed by atoms with Crippen molar-refractivity contribution in [3.63, 3.8) is 0 Å². The van der Waals surface area contributed by atoms with Crippen molar-refractivity contribution in [3.05, 3.63) is 30.3 Å². The number of halogens is 1. The number of hydrogen-bond acceptors (Lipinski definition) is 3. The van der Waals surface area contributed by atoms with Crippen molar-refractivity contribution in [1.82, 2.24) is 5.32 Å². The zero-order chi connectivity index (χ0) is 14.8. The van der Waals surface area contributed by atoms with Gasteiger partial charge in [-0.15, -0.1) is 24.0 Å². The Labute approximate surface area is 144 Å². The summed E-state index contributed by atoms with van der Waals surface area (Å²) in [6, 6.07) is 8.46. The summed E-state index contributed by atoms with van der Waals surface area (Å²) >= 11 is 0. The van der Waals surface area contributed by atoms with Gasteiger partial charge in [-0.05, 0) is 25.0 Å². The molecule has 0 aromatic heterocycles. The number of rotatable bonds is 8. The van der Waals surface area contributed by atoms with Gasteiger partial charge in [0.1, 0.15) is 0 Å². The first-order chi connectivity index (χ1) is 9.56. The van der Waals surface area contributed by atoms with Gasteiger partial charge in [0.15, 0.2) is 15.8 Å². The lowest BCUT2D eigenvalue weighted by atomic mass is 10.3. The summed E-state index contributed by atoms with van der Waals surface area (Å²) in [4.78, 5) is 4.47. The van der Waals surface area contributed by atoms with Gasteiger partial charge in [0.05, 0.1) is 10.6 Å². The van der Waals surface area contributed by atoms with Crippen molar-refractivity contribution in [1.29, 1.82) is 0 Å². The Bertz CT molecular complexity index is 518. The molecule has 1 rings (SSSR count). The first kappa shape index (κ1) is 20.2. The molecule has 0 aliphatic rings. The van der Waals surface area contributed by atoms with Crippen LogP contribution in [0.15, 0.2) is 40.2 Å². The van der Waals surface area contributed by atoms with Gasteiger partial charge in [0.25, 0.3) is 0 Å². The van der Waals surface area contributed by atoms with Crippen LogP contribution in [0.3, 0.4) is 0 Å². The van der Waals surface area contributed by atoms with Crippen LogP contribution in [0.1, 0.15) is 26.2 Å². The number of nitrogens with zero attached hydrogens (tertiary/aromatic N) is 1. The molecule has 0 bridgehead atoms. The van der Waals surface area contributed by atoms with E-state index in [2.05, 4.69) is 17.2 Å². The topological polar surface area (TPSA) is 84.5 Å². The minimum absolute atomic E-state index is 0. The van der Waals surface area contributed by atoms with Crippen molar-refractivity contribution in [3.8, 4) is 0 Å². The molecule has 0 fully saturated rings. The lowest BCUT2D eigenvalue weighted by Crippen LogP contribution is -2.32. The minimum Gasteiger partial charge on any atom is -0.370 e. The molecule has 0 spiro atoms. The lowest BCUT2D eigenvalue weighted by molar-refractivity contribution is 0.593. The Morgan fingerprint density at radius 1 is 1.24 bits per heavy atom. The Kier molecular flexibility index (Phi) is 10.4. The monoisotopic (exact) mass is 425 g/mol. The van der Waals surface area contributed by atoms with E-state index in [0.717, 1.165) is 19.4 Å². The van der Waals surface area contributed by atoms with Crippen LogP contribution < -0.4 is 11.1 Å². The highest BCUT2D eigenvalue weighted by Gasteiger charge is 2.12. The van der Waals surface area contributed by atoms with Gasteiger partial charge in [-0.25, -0.2) is 8.42 Å². The molecule has 0 amide bonds. The molecule has 0 aliphatic carbocycles. The molecule has 3 N–H and O–H groups in total. The summed E-state index contributed by atoms with van der Waals surface area (Å²) in [7, 11) is -3.21. The van der Waals surface area contributed by atoms with Crippen molar-refractivity contribution >= 4 is 39.8 Å². The molecule has 7 heteroatoms. The van der Waals surface area contributed by atoms with Crippen LogP contribution in [0.2, 0.25) is 0 Å². The van der Waals surface area contributed by atoms with Gasteiger partial charge in [0.2, 0.25) is 0 Å². The summed E-state index contributed by atoms with van der Waals surface area (Å²) in [5.41, 5.74) is 5.66. The zero-order valence-electron chi connectivity index (χ0n) is 12.3. The Hall–Kier alpha value is -0.830. The number of nitrogens with two attached hydrogens (primary N) is 1. The maximum Gasteiger partial charge on any atom is 0.188 e. The molecule has 1 aromatic rings. The summed E-state index contributed by atoms with van der Waals surface area (Å²) in [5.74, 6) is 0.471. The smallest absolute Gasteiger partial charge is 0.188 e. The van der Waals surface area contributed by atoms with E-state index in [9.17, 15) is 8.42 Å². The van der Waals surface area contributed by atoms with Crippen molar-refractivity contribution < 1.29 is 8.42 Å². The highest BCUT2D eigenvalue weighted by Crippen LogP contribution is 2.10. The van der Waals surface area contributed by atoms with Crippen LogP contribution in [-0.4, -0.2) is 33.2 Å². The molecule has 0 unspecified atom stereocenters. The van der Waals surface area contributed by atoms with Gasteiger partial charge in [-0.3, -0.25) is 4.99 Å². The fourth-order valence-corrected chi connectivity index (χ4v) is 2.97. The van der Waals surface area contributed by atoms with E-state index in [1.807, 2.05) is 0 Å². The SMILES string of the molecule is CCCCNC(N)=NCCCS(=O)(=O)c1ccccc1.I. The van der Waals surface area contributed by atoms with Crippen molar-refractivity contribution in [2.45, 2.75) is 31.1 Å². The molecule has 0 heterocycles. The van der Waals surface area contributed by atoms with Crippen molar-refractivity contribution in [2.24, 2.45) is 10.7 Å². The van der Waals surface area contributed by atoms with E-state index in [1.165, 1.54) is 0 Å². The summed E-state index contributed by atoms with van der Waals surface area (Å²) < 4.78 is 24.0. The maximum absolute atomic E-state index is 12.0. The van der Waals surface area contributed by atoms with Gasteiger partial charge in [-0.2, -0.15) is 0 Å². The van der Waals surface area contributed by atoms with Gasteiger partial charge in [-0.1, -0.05) is 31.5 Å². The summed E-state index contributed by atoms with van der Waals surface area (Å²) in [5, 5.41) is 2.99. The number of benzene rings is 1. The molecule has 0 radical (unpaired) electrons. The van der Waals surface area contributed by atoms with E-state index < -0.39 is 9.84 Å². The zero-order valence-corrected chi connectivity index (χ0v) is 15.4. The average molecular weight is 425 g/mol. The second-order valence-corrected chi connectivity index (χ2v) is 6.64. The quantitative estimate of drug-likeness (QED) is 0.290. The first-order valence-corrected chi connectivity index (χ1v) is 8.53. The standard InChI is InChI=1S/C14H23N3O2S.HI/c1-2-3-10-16-14(15)17-11-7-12-20(18,19)13-8-5-4-6-9-13;/h4-6,8-9H,2-3,7,10-12H2,1H3,(H3,15,16,17);1H. The van der Waals surface area contributed by atoms with E-state index in [0.29, 0.717) is 23.8 Å². The van der Waals surface area contributed by atoms with E-state index in [1.54, 1.807) is 30.3 Å². The van der Waals surface area contributed by atoms with Crippen LogP contribution >= 0.6 is 24.0 Å². The number of unbranched alkanes of at least 4 members (excludes halogenated alkanes) is 1. The Morgan fingerprint density at radius 2 is 1.90 bits per heavy atom. The fourth-order valence-electron chi connectivity index (χ4n) is 1.65. The van der Waals surface area contributed by atoms with Gasteiger partial charge < -0.3 is 11.1 Å². The van der Waals surface area contributed by atoms with Crippen LogP contribution in [0.25, 0.3) is 0 Å². The van der Waals surface area contributed by atoms with Crippen LogP contribution in [-0.2, 0) is 9.84 Å². The average Bonchev–Trinajstić information content (AvgIpc) is 2.45. The molecule has 21 heavy (non-hydrogen) atoms. The highest BCUT2D eigenvalue weighted by molar-refractivity contribution is 14.0. The number of aliphatic imine (C=N–C) groups is 1. The van der Waals surface area contributed by atoms with E-state index in [4.69, 9.17) is 5.73 Å². The number of nitrogens with one attached hydrogen (secondary N) is 1. The number of sulfone groups is 1. The molecule has 0 saturated carbocycles. The predicted molar refractivity (Wildman–Crippen MR) is 97.9 cm³/mol. The minimum atomic E-state index is -3.21. The molecule has 5 nitrogen and oxygen atoms in total. The second-order valence-electron chi connectivity index (χ2n) is 4.53. The molecular weight excluding hydrogens is 401 g/mol. The Morgan fingerprint density at radius 3 is 2.52 bits per heavy atom. The summed E-state index contributed by atoms with van der Waals surface area (Å²) in [6.45, 7) is 3.31. The van der Waals surface area contributed by atoms with Crippen LogP contribution in [0, 0.1) is 0 Å². The lowest BCUT2D eigenvalue weighted by Gasteiger charge is -2.05. The number of hydrogen-bond donors (Lipinski definition) is 2. The summed E-state index contributed by atoms with van der Waals surface area (Å²) in [6.07, 6.45) is 2.60. The second kappa shape index (κ2) is 10.8. The molecular formula is C14H24IN3O2S. The molecule has 0 atom stereocenters. The third kappa shape index (κ3) is 8.25.